The minimum atomic E-state index is -0.847. The van der Waals surface area contributed by atoms with Crippen molar-refractivity contribution in [2.75, 3.05) is 12.3 Å². The second-order valence-electron chi connectivity index (χ2n) is 6.22. The van der Waals surface area contributed by atoms with E-state index in [2.05, 4.69) is 5.32 Å². The van der Waals surface area contributed by atoms with Crippen LogP contribution in [0.15, 0.2) is 54.6 Å². The summed E-state index contributed by atoms with van der Waals surface area (Å²) in [5, 5.41) is 34.8. The Kier molecular flexibility index (Phi) is 4.79. The summed E-state index contributed by atoms with van der Waals surface area (Å²) in [5.41, 5.74) is 8.33. The van der Waals surface area contributed by atoms with Crippen molar-refractivity contribution >= 4 is 16.5 Å². The second kappa shape index (κ2) is 7.01. The average Bonchev–Trinajstić information content (AvgIpc) is 2.59. The van der Waals surface area contributed by atoms with Crippen LogP contribution < -0.4 is 11.1 Å². The highest BCUT2D eigenvalue weighted by Crippen LogP contribution is 2.29. The molecule has 0 saturated carbocycles. The fraction of sp³-hybridized carbons (Fsp3) is 0.200. The smallest absolute Gasteiger partial charge is 0.119 e. The van der Waals surface area contributed by atoms with Crippen LogP contribution in [-0.2, 0) is 0 Å². The van der Waals surface area contributed by atoms with E-state index < -0.39 is 6.10 Å². The molecular weight excluding hydrogens is 316 g/mol. The number of nitrogen functional groups attached to an aromatic ring is 1. The second-order valence-corrected chi connectivity index (χ2v) is 6.22. The van der Waals surface area contributed by atoms with Crippen LogP contribution in [-0.4, -0.2) is 21.9 Å². The van der Waals surface area contributed by atoms with Gasteiger partial charge in [0.2, 0.25) is 0 Å². The van der Waals surface area contributed by atoms with E-state index in [-0.39, 0.29) is 24.1 Å². The molecule has 0 aliphatic carbocycles. The van der Waals surface area contributed by atoms with Crippen molar-refractivity contribution in [1.29, 1.82) is 0 Å². The SMILES string of the molecule is C[C@@H](NC[C@H](O)c1cc(O)cc(O)c1)c1ccc(N)c2ccccc12. The molecule has 25 heavy (non-hydrogen) atoms. The molecule has 2 atom stereocenters. The summed E-state index contributed by atoms with van der Waals surface area (Å²) in [5.74, 6) is -0.154. The van der Waals surface area contributed by atoms with Gasteiger partial charge >= 0.3 is 0 Å². The number of nitrogens with one attached hydrogen (secondary N) is 1. The number of aliphatic hydroxyl groups is 1. The van der Waals surface area contributed by atoms with Crippen LogP contribution >= 0.6 is 0 Å². The van der Waals surface area contributed by atoms with Crippen LogP contribution in [0.5, 0.6) is 11.5 Å². The maximum atomic E-state index is 10.3. The van der Waals surface area contributed by atoms with E-state index in [1.54, 1.807) is 0 Å². The van der Waals surface area contributed by atoms with Crippen molar-refractivity contribution in [3.63, 3.8) is 0 Å². The van der Waals surface area contributed by atoms with Crippen LogP contribution in [0.1, 0.15) is 30.2 Å². The lowest BCUT2D eigenvalue weighted by Crippen LogP contribution is -2.24. The maximum absolute atomic E-state index is 10.3. The molecule has 0 amide bonds. The average molecular weight is 338 g/mol. The zero-order valence-electron chi connectivity index (χ0n) is 14.0. The summed E-state index contributed by atoms with van der Waals surface area (Å²) >= 11 is 0. The highest BCUT2D eigenvalue weighted by Gasteiger charge is 2.14. The van der Waals surface area contributed by atoms with E-state index in [0.29, 0.717) is 5.56 Å². The van der Waals surface area contributed by atoms with Crippen molar-refractivity contribution in [2.45, 2.75) is 19.1 Å². The molecule has 0 saturated heterocycles. The molecule has 0 unspecified atom stereocenters. The Hall–Kier alpha value is -2.76. The molecule has 0 aliphatic heterocycles. The Labute approximate surface area is 146 Å². The first-order chi connectivity index (χ1) is 12.0. The van der Waals surface area contributed by atoms with Crippen LogP contribution in [0.3, 0.4) is 0 Å². The first-order valence-electron chi connectivity index (χ1n) is 8.17. The van der Waals surface area contributed by atoms with Crippen LogP contribution in [0.2, 0.25) is 0 Å². The molecule has 3 rings (SSSR count). The molecule has 3 aromatic rings. The summed E-state index contributed by atoms with van der Waals surface area (Å²) < 4.78 is 0. The first-order valence-corrected chi connectivity index (χ1v) is 8.17. The Balaban J connectivity index is 1.77. The third-order valence-electron chi connectivity index (χ3n) is 4.39. The van der Waals surface area contributed by atoms with Crippen molar-refractivity contribution in [3.8, 4) is 11.5 Å². The molecule has 0 spiro atoms. The van der Waals surface area contributed by atoms with E-state index in [1.165, 1.54) is 18.2 Å². The number of fused-ring (bicyclic) bond motifs is 1. The van der Waals surface area contributed by atoms with Gasteiger partial charge in [0.05, 0.1) is 6.10 Å². The number of nitrogens with two attached hydrogens (primary N) is 1. The summed E-state index contributed by atoms with van der Waals surface area (Å²) in [4.78, 5) is 0. The quantitative estimate of drug-likeness (QED) is 0.460. The highest BCUT2D eigenvalue weighted by atomic mass is 16.3. The third-order valence-corrected chi connectivity index (χ3v) is 4.39. The standard InChI is InChI=1S/C20H22N2O3/c1-12(16-6-7-19(21)18-5-3-2-4-17(16)18)22-11-20(25)13-8-14(23)10-15(24)9-13/h2-10,12,20,22-25H,11,21H2,1H3/t12-,20+/m1/s1. The monoisotopic (exact) mass is 338 g/mol. The molecule has 3 aromatic carbocycles. The van der Waals surface area contributed by atoms with Crippen LogP contribution in [0.4, 0.5) is 5.69 Å². The predicted molar refractivity (Wildman–Crippen MR) is 99.5 cm³/mol. The number of hydrogen-bond donors (Lipinski definition) is 5. The first kappa shape index (κ1) is 17.1. The number of aromatic hydroxyl groups is 2. The van der Waals surface area contributed by atoms with E-state index in [0.717, 1.165) is 22.0 Å². The number of benzene rings is 3. The minimum absolute atomic E-state index is 0.00828. The third kappa shape index (κ3) is 3.68. The van der Waals surface area contributed by atoms with Gasteiger partial charge in [-0.3, -0.25) is 0 Å². The van der Waals surface area contributed by atoms with E-state index in [4.69, 9.17) is 5.73 Å². The molecule has 0 fully saturated rings. The van der Waals surface area contributed by atoms with E-state index in [9.17, 15) is 15.3 Å². The molecule has 5 nitrogen and oxygen atoms in total. The van der Waals surface area contributed by atoms with Gasteiger partial charge in [-0.1, -0.05) is 30.3 Å². The van der Waals surface area contributed by atoms with Gasteiger partial charge in [0.15, 0.2) is 0 Å². The summed E-state index contributed by atoms with van der Waals surface area (Å²) in [6.45, 7) is 2.30. The molecule has 0 bridgehead atoms. The van der Waals surface area contributed by atoms with Gasteiger partial charge < -0.3 is 26.4 Å². The summed E-state index contributed by atoms with van der Waals surface area (Å²) in [7, 11) is 0. The lowest BCUT2D eigenvalue weighted by Gasteiger charge is -2.20. The fourth-order valence-corrected chi connectivity index (χ4v) is 3.05. The molecule has 0 heterocycles. The number of phenols is 2. The van der Waals surface area contributed by atoms with Crippen molar-refractivity contribution in [3.05, 3.63) is 65.7 Å². The van der Waals surface area contributed by atoms with Crippen molar-refractivity contribution < 1.29 is 15.3 Å². The number of anilines is 1. The van der Waals surface area contributed by atoms with Gasteiger partial charge in [-0.15, -0.1) is 0 Å². The Morgan fingerprint density at radius 3 is 2.28 bits per heavy atom. The Bertz CT molecular complexity index is 875. The van der Waals surface area contributed by atoms with Gasteiger partial charge in [0, 0.05) is 29.7 Å². The lowest BCUT2D eigenvalue weighted by atomic mass is 9.98. The zero-order valence-corrected chi connectivity index (χ0v) is 14.0. The molecule has 0 radical (unpaired) electrons. The van der Waals surface area contributed by atoms with Crippen molar-refractivity contribution in [1.82, 2.24) is 5.32 Å². The van der Waals surface area contributed by atoms with Gasteiger partial charge in [-0.25, -0.2) is 0 Å². The predicted octanol–water partition coefficient (Wildman–Crippen LogP) is 3.22. The number of phenolic OH excluding ortho intramolecular Hbond substituents is 2. The van der Waals surface area contributed by atoms with Gasteiger partial charge in [0.1, 0.15) is 11.5 Å². The zero-order chi connectivity index (χ0) is 18.0. The largest absolute Gasteiger partial charge is 0.508 e. The minimum Gasteiger partial charge on any atom is -0.508 e. The van der Waals surface area contributed by atoms with Gasteiger partial charge in [-0.05, 0) is 41.6 Å². The Morgan fingerprint density at radius 1 is 0.960 bits per heavy atom. The number of rotatable bonds is 5. The lowest BCUT2D eigenvalue weighted by molar-refractivity contribution is 0.170. The van der Waals surface area contributed by atoms with E-state index >= 15 is 0 Å². The van der Waals surface area contributed by atoms with Gasteiger partial charge in [0.25, 0.3) is 0 Å². The topological polar surface area (TPSA) is 98.7 Å². The molecule has 0 aliphatic rings. The van der Waals surface area contributed by atoms with E-state index in [1.807, 2.05) is 43.3 Å². The number of aliphatic hydroxyl groups excluding tert-OH is 1. The molecule has 5 heteroatoms. The summed E-state index contributed by atoms with van der Waals surface area (Å²) in [6, 6.07) is 15.9. The molecular formula is C20H22N2O3. The van der Waals surface area contributed by atoms with Crippen LogP contribution in [0, 0.1) is 0 Å². The molecule has 130 valence electrons. The maximum Gasteiger partial charge on any atom is 0.119 e. The number of hydrogen-bond acceptors (Lipinski definition) is 5. The van der Waals surface area contributed by atoms with Gasteiger partial charge in [-0.2, -0.15) is 0 Å². The normalized spacial score (nSPS) is 13.7. The fourth-order valence-electron chi connectivity index (χ4n) is 3.05. The van der Waals surface area contributed by atoms with Crippen LogP contribution in [0.25, 0.3) is 10.8 Å². The van der Waals surface area contributed by atoms with Crippen molar-refractivity contribution in [2.24, 2.45) is 0 Å². The Morgan fingerprint density at radius 2 is 1.60 bits per heavy atom. The highest BCUT2D eigenvalue weighted by molar-refractivity contribution is 5.95. The molecule has 0 aromatic heterocycles. The molecule has 6 N–H and O–H groups in total. The summed E-state index contributed by atoms with van der Waals surface area (Å²) in [6.07, 6.45) is -0.847.